The van der Waals surface area contributed by atoms with Gasteiger partial charge in [-0.1, -0.05) is 19.9 Å². The fourth-order valence-corrected chi connectivity index (χ4v) is 3.40. The summed E-state index contributed by atoms with van der Waals surface area (Å²) in [7, 11) is 0. The van der Waals surface area contributed by atoms with Gasteiger partial charge >= 0.3 is 6.18 Å². The molecule has 174 valence electrons. The summed E-state index contributed by atoms with van der Waals surface area (Å²) in [4.78, 5) is 26.5. The van der Waals surface area contributed by atoms with Crippen LogP contribution >= 0.6 is 0 Å². The molecule has 1 aliphatic rings. The third kappa shape index (κ3) is 5.40. The van der Waals surface area contributed by atoms with E-state index in [2.05, 4.69) is 30.5 Å². The highest BCUT2D eigenvalue weighted by molar-refractivity contribution is 5.91. The number of carbonyl (C=O) groups is 1. The van der Waals surface area contributed by atoms with Gasteiger partial charge in [-0.05, 0) is 37.1 Å². The number of hydrogen-bond acceptors (Lipinski definition) is 6. The lowest BCUT2D eigenvalue weighted by molar-refractivity contribution is -0.137. The quantitative estimate of drug-likeness (QED) is 0.599. The van der Waals surface area contributed by atoms with Gasteiger partial charge in [-0.25, -0.2) is 4.98 Å². The van der Waals surface area contributed by atoms with Gasteiger partial charge in [-0.15, -0.1) is 5.10 Å². The Bertz CT molecular complexity index is 1030. The van der Waals surface area contributed by atoms with Crippen molar-refractivity contribution in [1.29, 1.82) is 0 Å². The molecule has 1 unspecified atom stereocenters. The minimum atomic E-state index is -4.51. The van der Waals surface area contributed by atoms with Crippen LogP contribution in [-0.2, 0) is 11.0 Å². The lowest BCUT2D eigenvalue weighted by Gasteiger charge is -2.33. The predicted octanol–water partition coefficient (Wildman–Crippen LogP) is 4.65. The summed E-state index contributed by atoms with van der Waals surface area (Å²) in [5.41, 5.74) is -0.232. The van der Waals surface area contributed by atoms with Crippen molar-refractivity contribution >= 4 is 17.7 Å². The second-order valence-electron chi connectivity index (χ2n) is 6.87. The molecule has 11 heteroatoms. The van der Waals surface area contributed by atoms with E-state index >= 15 is 0 Å². The van der Waals surface area contributed by atoms with Crippen molar-refractivity contribution in [3.63, 3.8) is 0 Å². The van der Waals surface area contributed by atoms with Crippen molar-refractivity contribution in [2.45, 2.75) is 32.9 Å². The Balaban J connectivity index is 0.00000141. The topological polar surface area (TPSA) is 99.7 Å². The first kappa shape index (κ1) is 23.2. The summed E-state index contributed by atoms with van der Waals surface area (Å²) >= 11 is 0. The van der Waals surface area contributed by atoms with E-state index in [0.29, 0.717) is 30.9 Å². The van der Waals surface area contributed by atoms with Crippen molar-refractivity contribution in [3.05, 3.63) is 48.3 Å². The van der Waals surface area contributed by atoms with Crippen molar-refractivity contribution in [1.82, 2.24) is 25.1 Å². The first-order valence-electron chi connectivity index (χ1n) is 10.3. The number of halogens is 3. The van der Waals surface area contributed by atoms with Crippen LogP contribution in [-0.4, -0.2) is 44.1 Å². The van der Waals surface area contributed by atoms with Crippen molar-refractivity contribution in [3.8, 4) is 11.5 Å². The number of aromatic amines is 1. The minimum Gasteiger partial charge on any atom is -0.355 e. The summed E-state index contributed by atoms with van der Waals surface area (Å²) in [5.74, 6) is -0.529. The highest BCUT2D eigenvalue weighted by Crippen LogP contribution is 2.36. The van der Waals surface area contributed by atoms with E-state index in [4.69, 9.17) is 0 Å². The van der Waals surface area contributed by atoms with E-state index in [9.17, 15) is 18.0 Å². The number of carbonyl (C=O) groups excluding carboxylic acids is 1. The molecule has 1 fully saturated rings. The Hall–Kier alpha value is -3.50. The van der Waals surface area contributed by atoms with E-state index in [0.717, 1.165) is 6.07 Å². The Kier molecular flexibility index (Phi) is 7.39. The van der Waals surface area contributed by atoms with Gasteiger partial charge in [-0.3, -0.25) is 20.2 Å². The Morgan fingerprint density at radius 3 is 2.69 bits per heavy atom. The average Bonchev–Trinajstić information content (AvgIpc) is 3.29. The van der Waals surface area contributed by atoms with Gasteiger partial charge in [0.1, 0.15) is 11.5 Å². The molecule has 1 atom stereocenters. The number of nitrogens with one attached hydrogen (secondary N) is 2. The molecule has 3 aromatic rings. The number of nitrogens with zero attached hydrogens (tertiary/aromatic N) is 5. The smallest absolute Gasteiger partial charge is 0.355 e. The molecule has 2 N–H and O–H groups in total. The molecule has 0 aliphatic carbocycles. The molecule has 4 heterocycles. The Morgan fingerprint density at radius 1 is 1.19 bits per heavy atom. The number of H-pyrrole nitrogens is 1. The molecule has 1 amide bonds. The summed E-state index contributed by atoms with van der Waals surface area (Å²) in [6.07, 6.45) is -0.465. The first-order chi connectivity index (χ1) is 15.4. The maximum Gasteiger partial charge on any atom is 0.419 e. The predicted molar refractivity (Wildman–Crippen MR) is 118 cm³/mol. The van der Waals surface area contributed by atoms with E-state index in [1.165, 1.54) is 17.2 Å². The minimum absolute atomic E-state index is 0. The van der Waals surface area contributed by atoms with Crippen LogP contribution in [0.2, 0.25) is 0 Å². The number of alkyl halides is 3. The van der Waals surface area contributed by atoms with Crippen LogP contribution in [0.4, 0.5) is 24.9 Å². The monoisotopic (exact) mass is 451 g/mol. The number of anilines is 2. The average molecular weight is 451 g/mol. The van der Waals surface area contributed by atoms with E-state index in [1.54, 1.807) is 24.4 Å². The normalized spacial score (nSPS) is 16.2. The van der Waals surface area contributed by atoms with Gasteiger partial charge in [0.25, 0.3) is 0 Å². The number of aromatic nitrogens is 5. The Labute approximate surface area is 186 Å². The molecule has 3 aromatic heterocycles. The highest BCUT2D eigenvalue weighted by atomic mass is 19.4. The second kappa shape index (κ2) is 10.2. The molecule has 0 spiro atoms. The number of pyridine rings is 2. The molecule has 32 heavy (non-hydrogen) atoms. The van der Waals surface area contributed by atoms with Crippen LogP contribution in [0, 0.1) is 5.92 Å². The lowest BCUT2D eigenvalue weighted by Crippen LogP contribution is -2.42. The van der Waals surface area contributed by atoms with E-state index in [-0.39, 0.29) is 27.1 Å². The van der Waals surface area contributed by atoms with E-state index in [1.807, 2.05) is 13.8 Å². The summed E-state index contributed by atoms with van der Waals surface area (Å²) < 4.78 is 40.0. The van der Waals surface area contributed by atoms with Crippen molar-refractivity contribution < 1.29 is 20.8 Å². The van der Waals surface area contributed by atoms with Gasteiger partial charge in [0.2, 0.25) is 11.9 Å². The maximum absolute atomic E-state index is 13.3. The van der Waals surface area contributed by atoms with Crippen LogP contribution in [0.5, 0.6) is 0 Å². The molecule has 0 saturated carbocycles. The molecule has 1 aliphatic heterocycles. The molecular weight excluding hydrogens is 423 g/mol. The van der Waals surface area contributed by atoms with Crippen LogP contribution in [0.3, 0.4) is 0 Å². The van der Waals surface area contributed by atoms with Crippen LogP contribution in [0.25, 0.3) is 11.5 Å². The largest absolute Gasteiger partial charge is 0.419 e. The number of piperidine rings is 1. The third-order valence-electron chi connectivity index (χ3n) is 4.81. The SMILES string of the molecule is CC.O=C(Nc1n[nH]c(-c2ccccn2)n1)C1CCCN(c2ncccc2C(F)(F)F)C1.[HH].[HH]. The zero-order chi connectivity index (χ0) is 23.1. The van der Waals surface area contributed by atoms with Gasteiger partial charge in [-0.2, -0.15) is 18.2 Å². The number of rotatable bonds is 4. The molecular formula is C21H28F3N7O. The fraction of sp³-hybridized carbons (Fsp3) is 0.381. The molecule has 4 rings (SSSR count). The molecule has 0 bridgehead atoms. The number of amides is 1. The molecule has 0 aromatic carbocycles. The standard InChI is InChI=1S/C19H18F3N7O.C2H6.2H2/c20-19(21,22)13-6-3-9-24-16(13)29-10-4-5-12(11-29)17(30)26-18-25-15(27-28-18)14-7-1-2-8-23-14;1-2;;/h1-3,6-9,12H,4-5,10-11H2,(H2,25,26,27,28,30);1-2H3;2*1H. The first-order valence-corrected chi connectivity index (χ1v) is 10.3. The van der Waals surface area contributed by atoms with Gasteiger partial charge < -0.3 is 4.90 Å². The van der Waals surface area contributed by atoms with Crippen LogP contribution in [0.15, 0.2) is 42.7 Å². The van der Waals surface area contributed by atoms with Crippen LogP contribution < -0.4 is 10.2 Å². The van der Waals surface area contributed by atoms with E-state index < -0.39 is 17.7 Å². The molecule has 1 saturated heterocycles. The second-order valence-corrected chi connectivity index (χ2v) is 6.87. The Morgan fingerprint density at radius 2 is 1.97 bits per heavy atom. The third-order valence-corrected chi connectivity index (χ3v) is 4.81. The maximum atomic E-state index is 13.3. The fourth-order valence-electron chi connectivity index (χ4n) is 3.40. The highest BCUT2D eigenvalue weighted by Gasteiger charge is 2.37. The van der Waals surface area contributed by atoms with Crippen LogP contribution in [0.1, 0.15) is 35.1 Å². The van der Waals surface area contributed by atoms with Crippen molar-refractivity contribution in [2.24, 2.45) is 5.92 Å². The van der Waals surface area contributed by atoms with Crippen molar-refractivity contribution in [2.75, 3.05) is 23.3 Å². The summed E-state index contributed by atoms with van der Waals surface area (Å²) in [5, 5.41) is 9.30. The van der Waals surface area contributed by atoms with Gasteiger partial charge in [0, 0.05) is 28.3 Å². The lowest BCUT2D eigenvalue weighted by atomic mass is 9.96. The molecule has 0 radical (unpaired) electrons. The zero-order valence-corrected chi connectivity index (χ0v) is 17.7. The number of hydrogen-bond donors (Lipinski definition) is 2. The van der Waals surface area contributed by atoms with Gasteiger partial charge in [0.15, 0.2) is 5.82 Å². The van der Waals surface area contributed by atoms with Gasteiger partial charge in [0.05, 0.1) is 11.5 Å². The summed E-state index contributed by atoms with van der Waals surface area (Å²) in [6.45, 7) is 4.53. The molecule has 8 nitrogen and oxygen atoms in total. The summed E-state index contributed by atoms with van der Waals surface area (Å²) in [6, 6.07) is 7.56. The zero-order valence-electron chi connectivity index (χ0n) is 17.7.